The van der Waals surface area contributed by atoms with Gasteiger partial charge in [-0.2, -0.15) is 9.29 Å². The van der Waals surface area contributed by atoms with Crippen molar-refractivity contribution in [3.8, 4) is 5.88 Å². The maximum Gasteiger partial charge on any atom is 0.427 e. The van der Waals surface area contributed by atoms with E-state index in [9.17, 15) is 22.7 Å². The third-order valence-corrected chi connectivity index (χ3v) is 6.94. The number of nitrogens with one attached hydrogen (secondary N) is 1. The predicted octanol–water partition coefficient (Wildman–Crippen LogP) is 2.98. The summed E-state index contributed by atoms with van der Waals surface area (Å²) in [6.45, 7) is 2.23. The Balaban J connectivity index is 1.83. The molecule has 1 amide bonds. The molecule has 4 rings (SSSR count). The van der Waals surface area contributed by atoms with Crippen molar-refractivity contribution in [1.82, 2.24) is 4.98 Å². The van der Waals surface area contributed by atoms with Crippen LogP contribution in [0.2, 0.25) is 0 Å². The lowest BCUT2D eigenvalue weighted by Gasteiger charge is -2.27. The van der Waals surface area contributed by atoms with Gasteiger partial charge in [0.15, 0.2) is 5.82 Å². The van der Waals surface area contributed by atoms with Crippen LogP contribution >= 0.6 is 0 Å². The van der Waals surface area contributed by atoms with Gasteiger partial charge in [-0.3, -0.25) is 0 Å². The number of carbonyl (C=O) groups is 1. The van der Waals surface area contributed by atoms with E-state index in [2.05, 4.69) is 10.3 Å². The lowest BCUT2D eigenvalue weighted by Crippen LogP contribution is -2.40. The third kappa shape index (κ3) is 3.84. The number of anilines is 2. The molecule has 2 aliphatic rings. The topological polar surface area (TPSA) is 109 Å². The summed E-state index contributed by atoms with van der Waals surface area (Å²) in [7, 11) is -4.10. The van der Waals surface area contributed by atoms with Crippen molar-refractivity contribution >= 4 is 27.6 Å². The molecule has 2 heterocycles. The van der Waals surface area contributed by atoms with Gasteiger partial charge in [0.05, 0.1) is 17.0 Å². The molecule has 0 saturated heterocycles. The molecule has 8 nitrogen and oxygen atoms in total. The lowest BCUT2D eigenvalue weighted by molar-refractivity contribution is 0.205. The fourth-order valence-electron chi connectivity index (χ4n) is 3.22. The Bertz CT molecular complexity index is 1050. The number of nitrogens with zero attached hydrogens (tertiary/aromatic N) is 2. The fraction of sp³-hybridized carbons (Fsp3) is 0.368. The van der Waals surface area contributed by atoms with Crippen molar-refractivity contribution in [1.29, 1.82) is 0 Å². The molecular formula is C19H20FN3O5S. The van der Waals surface area contributed by atoms with E-state index in [0.29, 0.717) is 40.6 Å². The Kier molecular flexibility index (Phi) is 4.81. The van der Waals surface area contributed by atoms with Crippen LogP contribution in [0.15, 0.2) is 30.3 Å². The number of rotatable bonds is 5. The first-order valence-electron chi connectivity index (χ1n) is 9.20. The van der Waals surface area contributed by atoms with E-state index in [-0.39, 0.29) is 24.2 Å². The summed E-state index contributed by atoms with van der Waals surface area (Å²) in [4.78, 5) is 16.2. The predicted molar refractivity (Wildman–Crippen MR) is 104 cm³/mol. The number of amides is 1. The largest absolute Gasteiger partial charge is 0.474 e. The van der Waals surface area contributed by atoms with Gasteiger partial charge >= 0.3 is 6.09 Å². The first kappa shape index (κ1) is 19.4. The van der Waals surface area contributed by atoms with Gasteiger partial charge < -0.3 is 15.2 Å². The molecule has 1 aromatic heterocycles. The fourth-order valence-corrected chi connectivity index (χ4v) is 4.86. The number of ether oxygens (including phenoxy) is 1. The van der Waals surface area contributed by atoms with Gasteiger partial charge in [-0.25, -0.2) is 17.6 Å². The monoisotopic (exact) mass is 421 g/mol. The minimum Gasteiger partial charge on any atom is -0.474 e. The smallest absolute Gasteiger partial charge is 0.427 e. The minimum absolute atomic E-state index is 0.0135. The SMILES string of the molecule is C[C@H]1COc2nc(N(C(=O)O)S(=O)(=O)C3CC3)c(Cc3ccc(F)cc3)cc2N1. The van der Waals surface area contributed by atoms with Gasteiger partial charge in [-0.05, 0) is 43.5 Å². The number of aromatic nitrogens is 1. The highest BCUT2D eigenvalue weighted by Gasteiger charge is 2.45. The highest BCUT2D eigenvalue weighted by Crippen LogP contribution is 2.38. The summed E-state index contributed by atoms with van der Waals surface area (Å²) in [5.74, 6) is -0.452. The summed E-state index contributed by atoms with van der Waals surface area (Å²) >= 11 is 0. The number of halogens is 1. The average molecular weight is 421 g/mol. The second-order valence-corrected chi connectivity index (χ2v) is 9.34. The van der Waals surface area contributed by atoms with E-state index >= 15 is 0 Å². The molecule has 1 aliphatic carbocycles. The zero-order chi connectivity index (χ0) is 20.8. The number of hydrogen-bond donors (Lipinski definition) is 2. The van der Waals surface area contributed by atoms with Crippen LogP contribution in [0.5, 0.6) is 5.88 Å². The van der Waals surface area contributed by atoms with Crippen LogP contribution in [0.25, 0.3) is 0 Å². The van der Waals surface area contributed by atoms with E-state index in [0.717, 1.165) is 0 Å². The molecule has 2 aromatic rings. The van der Waals surface area contributed by atoms with E-state index in [1.54, 1.807) is 18.2 Å². The minimum atomic E-state index is -4.10. The highest BCUT2D eigenvalue weighted by atomic mass is 32.2. The standard InChI is InChI=1S/C19H20FN3O5S/c1-11-10-28-18-16(21-11)9-13(8-12-2-4-14(20)5-3-12)17(22-18)23(19(24)25)29(26,27)15-6-7-15/h2-5,9,11,15,21H,6-8,10H2,1H3,(H,24,25)/t11-/m0/s1. The second kappa shape index (κ2) is 7.18. The van der Waals surface area contributed by atoms with Crippen molar-refractivity contribution in [2.75, 3.05) is 16.2 Å². The number of carboxylic acid groups (broad SMARTS) is 1. The van der Waals surface area contributed by atoms with Crippen LogP contribution in [-0.2, 0) is 16.4 Å². The third-order valence-electron chi connectivity index (χ3n) is 4.79. The summed E-state index contributed by atoms with van der Waals surface area (Å²) in [5.41, 5.74) is 1.62. The summed E-state index contributed by atoms with van der Waals surface area (Å²) in [5, 5.41) is 12.2. The van der Waals surface area contributed by atoms with Gasteiger partial charge in [0, 0.05) is 12.0 Å². The maximum atomic E-state index is 13.3. The van der Waals surface area contributed by atoms with Crippen molar-refractivity contribution in [3.63, 3.8) is 0 Å². The molecule has 10 heteroatoms. The number of hydrogen-bond acceptors (Lipinski definition) is 6. The number of benzene rings is 1. The molecule has 0 unspecified atom stereocenters. The van der Waals surface area contributed by atoms with Gasteiger partial charge in [-0.1, -0.05) is 12.1 Å². The first-order valence-corrected chi connectivity index (χ1v) is 10.7. The number of fused-ring (bicyclic) bond motifs is 1. The molecule has 1 aliphatic heterocycles. The zero-order valence-corrected chi connectivity index (χ0v) is 16.4. The zero-order valence-electron chi connectivity index (χ0n) is 15.6. The summed E-state index contributed by atoms with van der Waals surface area (Å²) in [6.07, 6.45) is -0.614. The van der Waals surface area contributed by atoms with Crippen LogP contribution < -0.4 is 14.4 Å². The summed E-state index contributed by atoms with van der Waals surface area (Å²) in [6, 6.07) is 7.37. The van der Waals surface area contributed by atoms with Crippen molar-refractivity contribution in [3.05, 3.63) is 47.3 Å². The van der Waals surface area contributed by atoms with Crippen molar-refractivity contribution in [2.45, 2.75) is 37.5 Å². The van der Waals surface area contributed by atoms with Crippen LogP contribution in [0.3, 0.4) is 0 Å². The normalized spacial score (nSPS) is 18.3. The molecule has 1 atom stereocenters. The Morgan fingerprint density at radius 3 is 2.66 bits per heavy atom. The maximum absolute atomic E-state index is 13.3. The van der Waals surface area contributed by atoms with Gasteiger partial charge in [0.2, 0.25) is 15.9 Å². The van der Waals surface area contributed by atoms with Gasteiger partial charge in [-0.15, -0.1) is 0 Å². The van der Waals surface area contributed by atoms with Crippen LogP contribution in [0.4, 0.5) is 20.7 Å². The van der Waals surface area contributed by atoms with Gasteiger partial charge in [0.25, 0.3) is 0 Å². The van der Waals surface area contributed by atoms with Gasteiger partial charge in [0.1, 0.15) is 12.4 Å². The Morgan fingerprint density at radius 1 is 1.34 bits per heavy atom. The van der Waals surface area contributed by atoms with Crippen LogP contribution in [0.1, 0.15) is 30.9 Å². The van der Waals surface area contributed by atoms with E-state index < -0.39 is 27.2 Å². The Morgan fingerprint density at radius 2 is 2.03 bits per heavy atom. The van der Waals surface area contributed by atoms with E-state index in [1.165, 1.54) is 12.1 Å². The highest BCUT2D eigenvalue weighted by molar-refractivity contribution is 7.94. The lowest BCUT2D eigenvalue weighted by atomic mass is 10.0. The molecule has 0 spiro atoms. The molecule has 1 fully saturated rings. The quantitative estimate of drug-likeness (QED) is 0.764. The van der Waals surface area contributed by atoms with Crippen molar-refractivity contribution < 1.29 is 27.4 Å². The van der Waals surface area contributed by atoms with Crippen LogP contribution in [-0.4, -0.2) is 42.5 Å². The van der Waals surface area contributed by atoms with Crippen molar-refractivity contribution in [2.24, 2.45) is 0 Å². The molecule has 154 valence electrons. The van der Waals surface area contributed by atoms with E-state index in [4.69, 9.17) is 4.74 Å². The number of pyridine rings is 1. The summed E-state index contributed by atoms with van der Waals surface area (Å²) < 4.78 is 44.8. The Hall–Kier alpha value is -2.88. The number of sulfonamides is 1. The molecule has 0 bridgehead atoms. The average Bonchev–Trinajstić information content (AvgIpc) is 3.49. The molecule has 1 saturated carbocycles. The molecule has 1 aromatic carbocycles. The molecule has 2 N–H and O–H groups in total. The first-order chi connectivity index (χ1) is 13.8. The van der Waals surface area contributed by atoms with Crippen LogP contribution in [0, 0.1) is 5.82 Å². The molecule has 0 radical (unpaired) electrons. The Labute approximate surface area is 167 Å². The molecular weight excluding hydrogens is 401 g/mol. The molecule has 29 heavy (non-hydrogen) atoms. The second-order valence-electron chi connectivity index (χ2n) is 7.27. The van der Waals surface area contributed by atoms with E-state index in [1.807, 2.05) is 6.92 Å².